The zero-order valence-electron chi connectivity index (χ0n) is 16.2. The lowest BCUT2D eigenvalue weighted by molar-refractivity contribution is -0.385. The molecule has 3 aromatic carbocycles. The van der Waals surface area contributed by atoms with E-state index in [0.29, 0.717) is 22.4 Å². The number of hydrogen-bond acceptors (Lipinski definition) is 3. The van der Waals surface area contributed by atoms with Gasteiger partial charge in [-0.2, -0.15) is 0 Å². The highest BCUT2D eigenvalue weighted by atomic mass is 19.5. The van der Waals surface area contributed by atoms with Gasteiger partial charge in [-0.1, -0.05) is 41.9 Å². The van der Waals surface area contributed by atoms with Gasteiger partial charge in [-0.15, -0.1) is 0 Å². The first-order chi connectivity index (χ1) is 15.2. The molecule has 0 bridgehead atoms. The molecule has 0 fully saturated rings. The van der Waals surface area contributed by atoms with Crippen LogP contribution in [0.25, 0.3) is 4.98 Å². The molecule has 10 heteroatoms. The topological polar surface area (TPSA) is 71.3 Å². The van der Waals surface area contributed by atoms with E-state index in [1.807, 2.05) is 30.3 Å². The summed E-state index contributed by atoms with van der Waals surface area (Å²) in [6.45, 7) is 0. The molecule has 0 radical (unpaired) electrons. The van der Waals surface area contributed by atoms with Gasteiger partial charge in [0, 0.05) is 34.9 Å². The molecule has 0 spiro atoms. The van der Waals surface area contributed by atoms with E-state index in [-0.39, 0.29) is 5.69 Å². The van der Waals surface area contributed by atoms with Crippen molar-refractivity contribution >= 4 is 18.6 Å². The van der Waals surface area contributed by atoms with Gasteiger partial charge in [0.05, 0.1) is 4.92 Å². The highest BCUT2D eigenvalue weighted by Gasteiger charge is 2.20. The Balaban J connectivity index is 0.000000654. The fraction of sp³-hybridized carbons (Fsp3) is 0. The Morgan fingerprint density at radius 3 is 1.84 bits per heavy atom. The molecule has 0 atom stereocenters. The molecule has 0 aliphatic rings. The number of benzene rings is 3. The largest absolute Gasteiger partial charge is 0.673 e. The molecule has 0 unspecified atom stereocenters. The predicted molar refractivity (Wildman–Crippen MR) is 113 cm³/mol. The van der Waals surface area contributed by atoms with Crippen molar-refractivity contribution in [3.63, 3.8) is 0 Å². The minimum Gasteiger partial charge on any atom is -0.418 e. The molecule has 0 heterocycles. The standard InChI is InChI=1S/C22H12N3O2.BF4/c23-24-21-14-10-18(11-15-21)8-12-20-13-9-19(16-22(20)25(26)27)7-6-17-4-2-1-3-5-17;2-1(3,4)5/h1-5,9-11,13-16H;/q+1;-1. The van der Waals surface area contributed by atoms with Gasteiger partial charge in [-0.3, -0.25) is 10.1 Å². The minimum atomic E-state index is -6.00. The number of nitro benzene ring substituents is 1. The van der Waals surface area contributed by atoms with Crippen LogP contribution in [0, 0.1) is 39.2 Å². The van der Waals surface area contributed by atoms with Gasteiger partial charge in [0.2, 0.25) is 5.39 Å². The summed E-state index contributed by atoms with van der Waals surface area (Å²) in [5.74, 6) is 11.6. The van der Waals surface area contributed by atoms with Crippen molar-refractivity contribution in [3.05, 3.63) is 110 Å². The monoisotopic (exact) mass is 437 g/mol. The average molecular weight is 437 g/mol. The lowest BCUT2D eigenvalue weighted by Gasteiger charge is -1.97. The molecule has 32 heavy (non-hydrogen) atoms. The van der Waals surface area contributed by atoms with Crippen molar-refractivity contribution in [2.45, 2.75) is 0 Å². The molecule has 0 aliphatic carbocycles. The van der Waals surface area contributed by atoms with Crippen LogP contribution in [0.3, 0.4) is 0 Å². The fourth-order valence-corrected chi connectivity index (χ4v) is 2.28. The summed E-state index contributed by atoms with van der Waals surface area (Å²) < 4.78 is 39.0. The predicted octanol–water partition coefficient (Wildman–Crippen LogP) is 6.18. The Morgan fingerprint density at radius 2 is 1.28 bits per heavy atom. The molecule has 0 aliphatic heterocycles. The number of diazo groups is 1. The Labute approximate surface area is 180 Å². The highest BCUT2D eigenvalue weighted by Crippen LogP contribution is 2.20. The van der Waals surface area contributed by atoms with Crippen molar-refractivity contribution in [3.8, 4) is 23.7 Å². The second-order valence-electron chi connectivity index (χ2n) is 6.00. The Hall–Kier alpha value is -4.62. The lowest BCUT2D eigenvalue weighted by atomic mass is 10.1. The van der Waals surface area contributed by atoms with Gasteiger partial charge in [0.15, 0.2) is 4.98 Å². The van der Waals surface area contributed by atoms with E-state index in [4.69, 9.17) is 5.39 Å². The van der Waals surface area contributed by atoms with Crippen molar-refractivity contribution in [2.75, 3.05) is 0 Å². The second-order valence-corrected chi connectivity index (χ2v) is 6.00. The summed E-state index contributed by atoms with van der Waals surface area (Å²) in [5.41, 5.74) is 2.66. The summed E-state index contributed by atoms with van der Waals surface area (Å²) in [6, 6.07) is 20.7. The van der Waals surface area contributed by atoms with Crippen molar-refractivity contribution in [1.29, 1.82) is 5.39 Å². The van der Waals surface area contributed by atoms with Crippen molar-refractivity contribution in [1.82, 2.24) is 0 Å². The molecule has 5 nitrogen and oxygen atoms in total. The molecular formula is C22H12BF4N3O2. The van der Waals surface area contributed by atoms with E-state index in [1.54, 1.807) is 36.4 Å². The molecule has 0 saturated carbocycles. The molecule has 3 aromatic rings. The molecule has 3 rings (SSSR count). The van der Waals surface area contributed by atoms with E-state index < -0.39 is 12.2 Å². The van der Waals surface area contributed by atoms with Crippen LogP contribution in [0.15, 0.2) is 72.8 Å². The first kappa shape index (κ1) is 23.7. The van der Waals surface area contributed by atoms with E-state index >= 15 is 0 Å². The van der Waals surface area contributed by atoms with Crippen LogP contribution in [0.2, 0.25) is 0 Å². The first-order valence-electron chi connectivity index (χ1n) is 8.86. The maximum atomic E-state index is 11.4. The molecule has 0 saturated heterocycles. The molecule has 0 amide bonds. The van der Waals surface area contributed by atoms with E-state index in [1.165, 1.54) is 6.07 Å². The maximum Gasteiger partial charge on any atom is 0.673 e. The second kappa shape index (κ2) is 11.0. The summed E-state index contributed by atoms with van der Waals surface area (Å²) in [5, 5.41) is 20.1. The zero-order valence-corrected chi connectivity index (χ0v) is 16.2. The summed E-state index contributed by atoms with van der Waals surface area (Å²) in [4.78, 5) is 14.0. The number of rotatable bonds is 1. The number of hydrogen-bond donors (Lipinski definition) is 0. The van der Waals surface area contributed by atoms with Gasteiger partial charge in [-0.05, 0) is 36.4 Å². The van der Waals surface area contributed by atoms with Crippen LogP contribution in [0.4, 0.5) is 28.6 Å². The third kappa shape index (κ3) is 8.40. The third-order valence-electron chi connectivity index (χ3n) is 3.64. The average Bonchev–Trinajstić information content (AvgIpc) is 2.76. The normalized spacial score (nSPS) is 9.59. The van der Waals surface area contributed by atoms with E-state index in [2.05, 4.69) is 28.7 Å². The molecule has 0 N–H and O–H groups in total. The van der Waals surface area contributed by atoms with Gasteiger partial charge >= 0.3 is 12.9 Å². The summed E-state index contributed by atoms with van der Waals surface area (Å²) >= 11 is 0. The van der Waals surface area contributed by atoms with Crippen LogP contribution >= 0.6 is 0 Å². The van der Waals surface area contributed by atoms with E-state index in [9.17, 15) is 27.4 Å². The Bertz CT molecular complexity index is 1260. The molecule has 0 aromatic heterocycles. The number of nitro groups is 1. The Morgan fingerprint density at radius 1 is 0.781 bits per heavy atom. The zero-order chi connectivity index (χ0) is 23.6. The van der Waals surface area contributed by atoms with E-state index in [0.717, 1.165) is 5.56 Å². The third-order valence-corrected chi connectivity index (χ3v) is 3.64. The van der Waals surface area contributed by atoms with Gasteiger partial charge in [-0.25, -0.2) is 0 Å². The highest BCUT2D eigenvalue weighted by molar-refractivity contribution is 6.50. The summed E-state index contributed by atoms with van der Waals surface area (Å²) in [7, 11) is -6.00. The fourth-order valence-electron chi connectivity index (χ4n) is 2.28. The van der Waals surface area contributed by atoms with Gasteiger partial charge in [0.25, 0.3) is 5.69 Å². The molecule has 158 valence electrons. The Kier molecular flexibility index (Phi) is 8.10. The maximum absolute atomic E-state index is 11.4. The number of halogens is 4. The quantitative estimate of drug-likeness (QED) is 0.114. The first-order valence-corrected chi connectivity index (χ1v) is 8.86. The lowest BCUT2D eigenvalue weighted by Crippen LogP contribution is -2.02. The summed E-state index contributed by atoms with van der Waals surface area (Å²) in [6.07, 6.45) is 0. The van der Waals surface area contributed by atoms with Gasteiger partial charge < -0.3 is 17.3 Å². The van der Waals surface area contributed by atoms with Crippen LogP contribution < -0.4 is 0 Å². The molecular weight excluding hydrogens is 425 g/mol. The van der Waals surface area contributed by atoms with Gasteiger partial charge in [0.1, 0.15) is 5.56 Å². The van der Waals surface area contributed by atoms with Crippen LogP contribution in [-0.2, 0) is 0 Å². The van der Waals surface area contributed by atoms with Crippen molar-refractivity contribution < 1.29 is 22.2 Å². The van der Waals surface area contributed by atoms with Crippen LogP contribution in [0.1, 0.15) is 22.3 Å². The SMILES string of the molecule is F[B-](F)(F)F.N#[N+]c1ccc(C#Cc2ccc(C#Cc3ccccc3)cc2[N+](=O)[O-])cc1. The number of nitrogens with zero attached hydrogens (tertiary/aromatic N) is 3. The van der Waals surface area contributed by atoms with Crippen LogP contribution in [-0.4, -0.2) is 12.2 Å². The smallest absolute Gasteiger partial charge is 0.418 e. The van der Waals surface area contributed by atoms with Crippen LogP contribution in [0.5, 0.6) is 0 Å². The van der Waals surface area contributed by atoms with Crippen molar-refractivity contribution in [2.24, 2.45) is 0 Å². The minimum absolute atomic E-state index is 0.0932.